The van der Waals surface area contributed by atoms with E-state index in [-0.39, 0.29) is 11.9 Å². The molecule has 1 fully saturated rings. The molecule has 1 aliphatic rings. The summed E-state index contributed by atoms with van der Waals surface area (Å²) in [7, 11) is 0. The summed E-state index contributed by atoms with van der Waals surface area (Å²) < 4.78 is 0. The van der Waals surface area contributed by atoms with E-state index in [4.69, 9.17) is 5.26 Å². The Morgan fingerprint density at radius 1 is 1.32 bits per heavy atom. The summed E-state index contributed by atoms with van der Waals surface area (Å²) in [5.41, 5.74) is 1.08. The van der Waals surface area contributed by atoms with Gasteiger partial charge in [0, 0.05) is 16.4 Å². The predicted molar refractivity (Wildman–Crippen MR) is 78.2 cm³/mol. The number of nitrogens with one attached hydrogen (secondary N) is 1. The molecule has 100 valence electrons. The Morgan fingerprint density at radius 2 is 2.11 bits per heavy atom. The van der Waals surface area contributed by atoms with Gasteiger partial charge in [-0.1, -0.05) is 41.3 Å². The lowest BCUT2D eigenvalue weighted by Crippen LogP contribution is -2.40. The van der Waals surface area contributed by atoms with Crippen LogP contribution >= 0.6 is 15.9 Å². The van der Waals surface area contributed by atoms with Gasteiger partial charge in [-0.15, -0.1) is 0 Å². The number of nitriles is 1. The summed E-state index contributed by atoms with van der Waals surface area (Å²) in [5.74, 6) is -0.0894. The molecule has 2 unspecified atom stereocenters. The molecule has 0 aliphatic heterocycles. The average molecular weight is 321 g/mol. The molecule has 2 rings (SSSR count). The summed E-state index contributed by atoms with van der Waals surface area (Å²) in [5, 5.41) is 11.9. The first-order valence-electron chi connectivity index (χ1n) is 6.66. The van der Waals surface area contributed by atoms with Crippen LogP contribution in [0, 0.1) is 11.3 Å². The van der Waals surface area contributed by atoms with E-state index < -0.39 is 0 Å². The van der Waals surface area contributed by atoms with E-state index >= 15 is 0 Å². The molecule has 1 aromatic carbocycles. The van der Waals surface area contributed by atoms with E-state index in [9.17, 15) is 4.79 Å². The van der Waals surface area contributed by atoms with Crippen LogP contribution in [0.2, 0.25) is 0 Å². The van der Waals surface area contributed by atoms with Crippen LogP contribution in [0.3, 0.4) is 0 Å². The van der Waals surface area contributed by atoms with Crippen LogP contribution in [0.5, 0.6) is 0 Å². The molecule has 1 aliphatic carbocycles. The van der Waals surface area contributed by atoms with Gasteiger partial charge in [0.15, 0.2) is 0 Å². The fourth-order valence-electron chi connectivity index (χ4n) is 2.41. The molecular weight excluding hydrogens is 304 g/mol. The van der Waals surface area contributed by atoms with Crippen molar-refractivity contribution in [1.29, 1.82) is 5.26 Å². The molecule has 0 spiro atoms. The number of halogens is 1. The SMILES string of the molecule is N#Cc1cccc(C(=O)NC2CCCCCC2Br)c1. The quantitative estimate of drug-likeness (QED) is 0.670. The van der Waals surface area contributed by atoms with Crippen molar-refractivity contribution in [3.8, 4) is 6.07 Å². The minimum Gasteiger partial charge on any atom is -0.348 e. The molecule has 0 saturated heterocycles. The molecule has 0 aromatic heterocycles. The summed E-state index contributed by atoms with van der Waals surface area (Å²) in [6.45, 7) is 0. The number of nitrogens with zero attached hydrogens (tertiary/aromatic N) is 1. The molecule has 4 heteroatoms. The van der Waals surface area contributed by atoms with Crippen LogP contribution in [0.15, 0.2) is 24.3 Å². The first kappa shape index (κ1) is 14.1. The van der Waals surface area contributed by atoms with Gasteiger partial charge in [0.25, 0.3) is 5.91 Å². The van der Waals surface area contributed by atoms with Crippen molar-refractivity contribution < 1.29 is 4.79 Å². The Kier molecular flexibility index (Phi) is 4.98. The maximum Gasteiger partial charge on any atom is 0.251 e. The minimum atomic E-state index is -0.0894. The van der Waals surface area contributed by atoms with E-state index in [1.165, 1.54) is 12.8 Å². The molecule has 19 heavy (non-hydrogen) atoms. The smallest absolute Gasteiger partial charge is 0.251 e. The van der Waals surface area contributed by atoms with Crippen molar-refractivity contribution in [2.45, 2.75) is 43.0 Å². The van der Waals surface area contributed by atoms with Crippen LogP contribution in [-0.2, 0) is 0 Å². The van der Waals surface area contributed by atoms with E-state index in [1.54, 1.807) is 24.3 Å². The van der Waals surface area contributed by atoms with Crippen LogP contribution in [-0.4, -0.2) is 16.8 Å². The van der Waals surface area contributed by atoms with Gasteiger partial charge in [0.05, 0.1) is 11.6 Å². The summed E-state index contributed by atoms with van der Waals surface area (Å²) in [6.07, 6.45) is 5.72. The first-order valence-corrected chi connectivity index (χ1v) is 7.57. The largest absolute Gasteiger partial charge is 0.348 e. The maximum atomic E-state index is 12.2. The average Bonchev–Trinajstić information content (AvgIpc) is 2.64. The van der Waals surface area contributed by atoms with Crippen LogP contribution in [0.4, 0.5) is 0 Å². The zero-order valence-corrected chi connectivity index (χ0v) is 12.3. The van der Waals surface area contributed by atoms with Crippen molar-refractivity contribution in [2.24, 2.45) is 0 Å². The third-order valence-electron chi connectivity index (χ3n) is 3.50. The topological polar surface area (TPSA) is 52.9 Å². The number of rotatable bonds is 2. The molecule has 0 heterocycles. The lowest BCUT2D eigenvalue weighted by molar-refractivity contribution is 0.0935. The lowest BCUT2D eigenvalue weighted by atomic mass is 10.1. The van der Waals surface area contributed by atoms with Crippen molar-refractivity contribution in [3.63, 3.8) is 0 Å². The number of hydrogen-bond donors (Lipinski definition) is 1. The summed E-state index contributed by atoms with van der Waals surface area (Å²) in [6, 6.07) is 9.06. The third-order valence-corrected chi connectivity index (χ3v) is 4.60. The van der Waals surface area contributed by atoms with E-state index in [2.05, 4.69) is 27.3 Å². The number of carbonyl (C=O) groups is 1. The first-order chi connectivity index (χ1) is 9.20. The van der Waals surface area contributed by atoms with Gasteiger partial charge in [-0.25, -0.2) is 0 Å². The molecule has 2 atom stereocenters. The van der Waals surface area contributed by atoms with Gasteiger partial charge in [-0.2, -0.15) is 5.26 Å². The number of amides is 1. The monoisotopic (exact) mass is 320 g/mol. The Balaban J connectivity index is 2.05. The van der Waals surface area contributed by atoms with E-state index in [0.29, 0.717) is 16.0 Å². The second-order valence-corrected chi connectivity index (χ2v) is 6.10. The van der Waals surface area contributed by atoms with Gasteiger partial charge < -0.3 is 5.32 Å². The number of alkyl halides is 1. The van der Waals surface area contributed by atoms with Crippen molar-refractivity contribution >= 4 is 21.8 Å². The predicted octanol–water partition coefficient (Wildman–Crippen LogP) is 3.38. The molecule has 1 amide bonds. The van der Waals surface area contributed by atoms with Gasteiger partial charge in [-0.05, 0) is 31.0 Å². The number of benzene rings is 1. The highest BCUT2D eigenvalue weighted by molar-refractivity contribution is 9.09. The maximum absolute atomic E-state index is 12.2. The Morgan fingerprint density at radius 3 is 2.89 bits per heavy atom. The molecular formula is C15H17BrN2O. The normalized spacial score (nSPS) is 23.2. The fraction of sp³-hybridized carbons (Fsp3) is 0.467. The van der Waals surface area contributed by atoms with Crippen molar-refractivity contribution in [3.05, 3.63) is 35.4 Å². The highest BCUT2D eigenvalue weighted by Gasteiger charge is 2.23. The molecule has 3 nitrogen and oxygen atoms in total. The number of carbonyl (C=O) groups excluding carboxylic acids is 1. The Labute approximate surface area is 122 Å². The highest BCUT2D eigenvalue weighted by Crippen LogP contribution is 2.24. The fourth-order valence-corrected chi connectivity index (χ4v) is 3.13. The molecule has 1 N–H and O–H groups in total. The summed E-state index contributed by atoms with van der Waals surface area (Å²) >= 11 is 3.67. The molecule has 1 saturated carbocycles. The Hall–Kier alpha value is -1.34. The molecule has 1 aromatic rings. The van der Waals surface area contributed by atoms with Gasteiger partial charge in [0.1, 0.15) is 0 Å². The van der Waals surface area contributed by atoms with Crippen molar-refractivity contribution in [1.82, 2.24) is 5.32 Å². The Bertz CT molecular complexity index is 495. The zero-order chi connectivity index (χ0) is 13.7. The molecule has 0 bridgehead atoms. The minimum absolute atomic E-state index is 0.0894. The van der Waals surface area contributed by atoms with Crippen LogP contribution in [0.25, 0.3) is 0 Å². The van der Waals surface area contributed by atoms with Gasteiger partial charge >= 0.3 is 0 Å². The molecule has 0 radical (unpaired) electrons. The zero-order valence-electron chi connectivity index (χ0n) is 10.7. The van der Waals surface area contributed by atoms with E-state index in [1.807, 2.05) is 0 Å². The van der Waals surface area contributed by atoms with Crippen molar-refractivity contribution in [2.75, 3.05) is 0 Å². The lowest BCUT2D eigenvalue weighted by Gasteiger charge is -2.21. The summed E-state index contributed by atoms with van der Waals surface area (Å²) in [4.78, 5) is 12.5. The van der Waals surface area contributed by atoms with Gasteiger partial charge in [-0.3, -0.25) is 4.79 Å². The number of hydrogen-bond acceptors (Lipinski definition) is 2. The van der Waals surface area contributed by atoms with E-state index in [0.717, 1.165) is 19.3 Å². The third kappa shape index (κ3) is 3.81. The standard InChI is InChI=1S/C15H17BrN2O/c16-13-7-2-1-3-8-14(13)18-15(19)12-6-4-5-11(9-12)10-17/h4-6,9,13-14H,1-3,7-8H2,(H,18,19). The second kappa shape index (κ2) is 6.72. The highest BCUT2D eigenvalue weighted by atomic mass is 79.9. The van der Waals surface area contributed by atoms with Gasteiger partial charge in [0.2, 0.25) is 0 Å². The second-order valence-electron chi connectivity index (χ2n) is 4.93. The van der Waals surface area contributed by atoms with Crippen LogP contribution < -0.4 is 5.32 Å². The van der Waals surface area contributed by atoms with Crippen LogP contribution in [0.1, 0.15) is 48.0 Å².